The minimum absolute atomic E-state index is 0.0525. The topological polar surface area (TPSA) is 59.3 Å². The van der Waals surface area contributed by atoms with Crippen LogP contribution < -0.4 is 5.32 Å². The average molecular weight is 312 g/mol. The average Bonchev–Trinajstić information content (AvgIpc) is 2.90. The molecule has 3 aromatic rings. The summed E-state index contributed by atoms with van der Waals surface area (Å²) in [6.07, 6.45) is 1.89. The van der Waals surface area contributed by atoms with E-state index in [0.717, 1.165) is 16.9 Å². The molecule has 0 fully saturated rings. The molecular weight excluding hydrogens is 296 g/mol. The molecule has 6 heteroatoms. The van der Waals surface area contributed by atoms with E-state index < -0.39 is 0 Å². The third-order valence-corrected chi connectivity index (χ3v) is 4.28. The number of aryl methyl sites for hydroxylation is 1. The maximum absolute atomic E-state index is 12.3. The fourth-order valence-corrected chi connectivity index (χ4v) is 2.92. The van der Waals surface area contributed by atoms with Crippen molar-refractivity contribution in [3.05, 3.63) is 54.2 Å². The summed E-state index contributed by atoms with van der Waals surface area (Å²) < 4.78 is 1.88. The Balaban J connectivity index is 1.71. The van der Waals surface area contributed by atoms with Crippen molar-refractivity contribution < 1.29 is 4.79 Å². The summed E-state index contributed by atoms with van der Waals surface area (Å²) in [6.45, 7) is 3.86. The van der Waals surface area contributed by atoms with E-state index in [1.807, 2.05) is 66.9 Å². The zero-order chi connectivity index (χ0) is 15.5. The van der Waals surface area contributed by atoms with Crippen molar-refractivity contribution in [2.24, 2.45) is 0 Å². The van der Waals surface area contributed by atoms with Crippen LogP contribution in [0.25, 0.3) is 5.65 Å². The molecule has 0 unspecified atom stereocenters. The second-order valence-electron chi connectivity index (χ2n) is 5.03. The number of hydrogen-bond acceptors (Lipinski definition) is 4. The largest absolute Gasteiger partial charge is 0.325 e. The summed E-state index contributed by atoms with van der Waals surface area (Å²) >= 11 is 1.39. The van der Waals surface area contributed by atoms with E-state index in [-0.39, 0.29) is 11.2 Å². The maximum atomic E-state index is 12.3. The van der Waals surface area contributed by atoms with Gasteiger partial charge in [0.15, 0.2) is 10.8 Å². The first kappa shape index (κ1) is 14.6. The first-order valence-electron chi connectivity index (χ1n) is 6.97. The molecule has 0 aliphatic rings. The van der Waals surface area contributed by atoms with Crippen molar-refractivity contribution >= 4 is 29.0 Å². The van der Waals surface area contributed by atoms with Gasteiger partial charge in [0.1, 0.15) is 0 Å². The Morgan fingerprint density at radius 1 is 1.23 bits per heavy atom. The second-order valence-corrected chi connectivity index (χ2v) is 6.34. The van der Waals surface area contributed by atoms with Gasteiger partial charge in [0.25, 0.3) is 0 Å². The number of nitrogens with zero attached hydrogens (tertiary/aromatic N) is 3. The summed E-state index contributed by atoms with van der Waals surface area (Å²) in [6, 6.07) is 13.5. The summed E-state index contributed by atoms with van der Waals surface area (Å²) in [5.41, 5.74) is 2.70. The highest BCUT2D eigenvalue weighted by Gasteiger charge is 2.17. The van der Waals surface area contributed by atoms with Gasteiger partial charge >= 0.3 is 0 Å². The molecule has 0 bridgehead atoms. The summed E-state index contributed by atoms with van der Waals surface area (Å²) in [7, 11) is 0. The zero-order valence-corrected chi connectivity index (χ0v) is 13.2. The van der Waals surface area contributed by atoms with Gasteiger partial charge in [-0.05, 0) is 43.7 Å². The Hall–Kier alpha value is -2.34. The lowest BCUT2D eigenvalue weighted by molar-refractivity contribution is -0.115. The van der Waals surface area contributed by atoms with Crippen LogP contribution in [-0.4, -0.2) is 25.8 Å². The third-order valence-electron chi connectivity index (χ3n) is 3.22. The van der Waals surface area contributed by atoms with Gasteiger partial charge in [-0.1, -0.05) is 30.0 Å². The Labute approximate surface area is 132 Å². The standard InChI is InChI=1S/C16H16N4OS/c1-11-6-5-7-13(10-11)17-15(21)12(2)22-16-19-18-14-8-3-4-9-20(14)16/h3-10,12H,1-2H3,(H,17,21)/t12-/m1/s1. The Bertz CT molecular complexity index is 815. The number of hydrogen-bond donors (Lipinski definition) is 1. The Morgan fingerprint density at radius 2 is 2.09 bits per heavy atom. The molecule has 1 N–H and O–H groups in total. The van der Waals surface area contributed by atoms with Crippen molar-refractivity contribution in [2.45, 2.75) is 24.3 Å². The molecule has 1 atom stereocenters. The van der Waals surface area contributed by atoms with E-state index in [1.165, 1.54) is 11.8 Å². The molecule has 112 valence electrons. The number of thioether (sulfide) groups is 1. The van der Waals surface area contributed by atoms with Crippen molar-refractivity contribution in [1.29, 1.82) is 0 Å². The van der Waals surface area contributed by atoms with Gasteiger partial charge in [-0.25, -0.2) is 0 Å². The van der Waals surface area contributed by atoms with Crippen molar-refractivity contribution in [2.75, 3.05) is 5.32 Å². The number of nitrogens with one attached hydrogen (secondary N) is 1. The van der Waals surface area contributed by atoms with Gasteiger partial charge in [0.2, 0.25) is 5.91 Å². The normalized spacial score (nSPS) is 12.3. The predicted octanol–water partition coefficient (Wildman–Crippen LogP) is 3.16. The van der Waals surface area contributed by atoms with Crippen LogP contribution in [0.1, 0.15) is 12.5 Å². The van der Waals surface area contributed by atoms with E-state index in [9.17, 15) is 4.79 Å². The molecule has 3 rings (SSSR count). The van der Waals surface area contributed by atoms with Crippen molar-refractivity contribution in [1.82, 2.24) is 14.6 Å². The molecule has 0 radical (unpaired) electrons. The first-order chi connectivity index (χ1) is 10.6. The smallest absolute Gasteiger partial charge is 0.237 e. The number of pyridine rings is 1. The van der Waals surface area contributed by atoms with Crippen LogP contribution in [0.4, 0.5) is 5.69 Å². The zero-order valence-electron chi connectivity index (χ0n) is 12.4. The number of carbonyl (C=O) groups excluding carboxylic acids is 1. The number of rotatable bonds is 4. The minimum atomic E-state index is -0.270. The highest BCUT2D eigenvalue weighted by Crippen LogP contribution is 2.23. The van der Waals surface area contributed by atoms with E-state index in [0.29, 0.717) is 5.16 Å². The molecule has 0 aliphatic carbocycles. The summed E-state index contributed by atoms with van der Waals surface area (Å²) in [5, 5.41) is 11.6. The lowest BCUT2D eigenvalue weighted by Gasteiger charge is -2.11. The number of aromatic nitrogens is 3. The van der Waals surface area contributed by atoms with Crippen LogP contribution in [0.5, 0.6) is 0 Å². The van der Waals surface area contributed by atoms with Crippen LogP contribution in [0.15, 0.2) is 53.8 Å². The number of fused-ring (bicyclic) bond motifs is 1. The van der Waals surface area contributed by atoms with Gasteiger partial charge in [0.05, 0.1) is 5.25 Å². The van der Waals surface area contributed by atoms with Crippen LogP contribution in [0, 0.1) is 6.92 Å². The molecule has 0 spiro atoms. The van der Waals surface area contributed by atoms with Crippen LogP contribution in [0.2, 0.25) is 0 Å². The van der Waals surface area contributed by atoms with Crippen LogP contribution in [-0.2, 0) is 4.79 Å². The fourth-order valence-electron chi connectivity index (χ4n) is 2.08. The van der Waals surface area contributed by atoms with E-state index in [2.05, 4.69) is 15.5 Å². The molecule has 0 saturated carbocycles. The van der Waals surface area contributed by atoms with Crippen LogP contribution in [0.3, 0.4) is 0 Å². The SMILES string of the molecule is Cc1cccc(NC(=O)[C@@H](C)Sc2nnc3ccccn23)c1. The van der Waals surface area contributed by atoms with E-state index in [1.54, 1.807) is 0 Å². The molecule has 1 amide bonds. The molecule has 2 aromatic heterocycles. The molecule has 0 aliphatic heterocycles. The number of anilines is 1. The van der Waals surface area contributed by atoms with E-state index in [4.69, 9.17) is 0 Å². The monoisotopic (exact) mass is 312 g/mol. The molecule has 1 aromatic carbocycles. The predicted molar refractivity (Wildman–Crippen MR) is 88.1 cm³/mol. The molecule has 0 saturated heterocycles. The minimum Gasteiger partial charge on any atom is -0.325 e. The third kappa shape index (κ3) is 3.12. The summed E-state index contributed by atoms with van der Waals surface area (Å²) in [4.78, 5) is 12.3. The second kappa shape index (κ2) is 6.19. The van der Waals surface area contributed by atoms with Gasteiger partial charge in [-0.15, -0.1) is 10.2 Å². The lowest BCUT2D eigenvalue weighted by atomic mass is 10.2. The number of amides is 1. The highest BCUT2D eigenvalue weighted by atomic mass is 32.2. The highest BCUT2D eigenvalue weighted by molar-refractivity contribution is 8.00. The fraction of sp³-hybridized carbons (Fsp3) is 0.188. The first-order valence-corrected chi connectivity index (χ1v) is 7.85. The van der Waals surface area contributed by atoms with Gasteiger partial charge in [-0.2, -0.15) is 0 Å². The number of benzene rings is 1. The summed E-state index contributed by atoms with van der Waals surface area (Å²) in [5.74, 6) is -0.0525. The Morgan fingerprint density at radius 3 is 2.91 bits per heavy atom. The number of carbonyl (C=O) groups is 1. The van der Waals surface area contributed by atoms with Crippen LogP contribution >= 0.6 is 11.8 Å². The quantitative estimate of drug-likeness (QED) is 0.752. The maximum Gasteiger partial charge on any atom is 0.237 e. The van der Waals surface area contributed by atoms with Gasteiger partial charge in [-0.3, -0.25) is 9.20 Å². The molecule has 22 heavy (non-hydrogen) atoms. The van der Waals surface area contributed by atoms with Gasteiger partial charge < -0.3 is 5.32 Å². The lowest BCUT2D eigenvalue weighted by Crippen LogP contribution is -2.22. The molecule has 5 nitrogen and oxygen atoms in total. The molecule has 2 heterocycles. The van der Waals surface area contributed by atoms with Gasteiger partial charge in [0, 0.05) is 11.9 Å². The molecular formula is C16H16N4OS. The Kier molecular flexibility index (Phi) is 4.11. The van der Waals surface area contributed by atoms with Crippen molar-refractivity contribution in [3.8, 4) is 0 Å². The van der Waals surface area contributed by atoms with Crippen molar-refractivity contribution in [3.63, 3.8) is 0 Å². The van der Waals surface area contributed by atoms with E-state index >= 15 is 0 Å².